The quantitative estimate of drug-likeness (QED) is 0.768. The third-order valence-corrected chi connectivity index (χ3v) is 1.98. The molecule has 0 saturated heterocycles. The molecule has 0 spiro atoms. The van der Waals surface area contributed by atoms with Crippen LogP contribution in [0.15, 0.2) is 4.42 Å². The lowest BCUT2D eigenvalue weighted by Crippen LogP contribution is -2.28. The van der Waals surface area contributed by atoms with Crippen molar-refractivity contribution in [2.75, 3.05) is 13.6 Å². The van der Waals surface area contributed by atoms with Crippen molar-refractivity contribution in [1.82, 2.24) is 15.1 Å². The average Bonchev–Trinajstić information content (AvgIpc) is 2.50. The Morgan fingerprint density at radius 3 is 2.73 bits per heavy atom. The fraction of sp³-hybridized carbons (Fsp3) is 0.667. The van der Waals surface area contributed by atoms with Crippen molar-refractivity contribution in [3.05, 3.63) is 11.8 Å². The largest absolute Gasteiger partial charge is 0.481 e. The monoisotopic (exact) mass is 213 g/mol. The fourth-order valence-electron chi connectivity index (χ4n) is 1.24. The molecule has 0 amide bonds. The minimum Gasteiger partial charge on any atom is -0.481 e. The number of hydrogen-bond acceptors (Lipinski definition) is 5. The van der Waals surface area contributed by atoms with Crippen molar-refractivity contribution in [2.45, 2.75) is 20.4 Å². The number of hydrogen-bond donors (Lipinski definition) is 1. The number of aromatic nitrogens is 2. The molecule has 0 aliphatic carbocycles. The van der Waals surface area contributed by atoms with Crippen LogP contribution in [-0.2, 0) is 11.3 Å². The van der Waals surface area contributed by atoms with E-state index < -0.39 is 11.9 Å². The predicted octanol–water partition coefficient (Wildman–Crippen LogP) is 0.531. The Morgan fingerprint density at radius 2 is 2.27 bits per heavy atom. The van der Waals surface area contributed by atoms with Gasteiger partial charge in [-0.2, -0.15) is 0 Å². The van der Waals surface area contributed by atoms with E-state index in [9.17, 15) is 4.79 Å². The van der Waals surface area contributed by atoms with Crippen molar-refractivity contribution >= 4 is 5.97 Å². The first-order chi connectivity index (χ1) is 6.99. The van der Waals surface area contributed by atoms with E-state index in [1.54, 1.807) is 13.8 Å². The van der Waals surface area contributed by atoms with Crippen LogP contribution in [0.5, 0.6) is 0 Å². The zero-order valence-corrected chi connectivity index (χ0v) is 9.10. The van der Waals surface area contributed by atoms with E-state index in [0.29, 0.717) is 24.9 Å². The molecule has 0 aliphatic rings. The summed E-state index contributed by atoms with van der Waals surface area (Å²) in [6.07, 6.45) is 0. The van der Waals surface area contributed by atoms with E-state index in [2.05, 4.69) is 10.2 Å². The van der Waals surface area contributed by atoms with Crippen molar-refractivity contribution in [2.24, 2.45) is 5.92 Å². The number of aryl methyl sites for hydroxylation is 1. The highest BCUT2D eigenvalue weighted by Gasteiger charge is 2.15. The Morgan fingerprint density at radius 1 is 1.60 bits per heavy atom. The minimum absolute atomic E-state index is 0.404. The number of nitrogens with zero attached hydrogens (tertiary/aromatic N) is 3. The molecule has 0 aromatic carbocycles. The third-order valence-electron chi connectivity index (χ3n) is 1.98. The average molecular weight is 213 g/mol. The van der Waals surface area contributed by atoms with Crippen LogP contribution < -0.4 is 0 Å². The minimum atomic E-state index is -0.802. The van der Waals surface area contributed by atoms with Crippen LogP contribution in [0.2, 0.25) is 0 Å². The zero-order chi connectivity index (χ0) is 11.4. The lowest BCUT2D eigenvalue weighted by molar-refractivity contribution is -0.141. The van der Waals surface area contributed by atoms with Crippen molar-refractivity contribution in [3.63, 3.8) is 0 Å². The molecule has 6 nitrogen and oxygen atoms in total. The van der Waals surface area contributed by atoms with E-state index in [4.69, 9.17) is 9.52 Å². The first kappa shape index (κ1) is 11.6. The van der Waals surface area contributed by atoms with Gasteiger partial charge < -0.3 is 9.52 Å². The van der Waals surface area contributed by atoms with Gasteiger partial charge in [-0.05, 0) is 7.05 Å². The first-order valence-corrected chi connectivity index (χ1v) is 4.69. The summed E-state index contributed by atoms with van der Waals surface area (Å²) in [4.78, 5) is 12.5. The molecule has 1 unspecified atom stereocenters. The smallest absolute Gasteiger partial charge is 0.307 e. The van der Waals surface area contributed by atoms with E-state index in [0.717, 1.165) is 0 Å². The maximum atomic E-state index is 10.6. The Bertz CT molecular complexity index is 337. The molecular weight excluding hydrogens is 198 g/mol. The summed E-state index contributed by atoms with van der Waals surface area (Å²) in [5.74, 6) is -0.181. The molecule has 1 aromatic rings. The van der Waals surface area contributed by atoms with Crippen molar-refractivity contribution in [1.29, 1.82) is 0 Å². The van der Waals surface area contributed by atoms with Crippen LogP contribution >= 0.6 is 0 Å². The van der Waals surface area contributed by atoms with Crippen LogP contribution in [0.4, 0.5) is 0 Å². The lowest BCUT2D eigenvalue weighted by atomic mass is 10.2. The third kappa shape index (κ3) is 3.67. The number of rotatable bonds is 5. The molecule has 0 saturated carbocycles. The standard InChI is InChI=1S/C9H15N3O3/c1-6(9(13)14)4-12(3)5-8-11-10-7(2)15-8/h6H,4-5H2,1-3H3,(H,13,14). The van der Waals surface area contributed by atoms with Gasteiger partial charge in [0.05, 0.1) is 12.5 Å². The van der Waals surface area contributed by atoms with Gasteiger partial charge in [0.15, 0.2) is 0 Å². The molecule has 1 heterocycles. The zero-order valence-electron chi connectivity index (χ0n) is 9.10. The normalized spacial score (nSPS) is 13.1. The van der Waals surface area contributed by atoms with Gasteiger partial charge >= 0.3 is 5.97 Å². The summed E-state index contributed by atoms with van der Waals surface area (Å²) in [6.45, 7) is 4.31. The molecule has 0 fully saturated rings. The Hall–Kier alpha value is -1.43. The number of carbonyl (C=O) groups is 1. The number of carboxylic acid groups (broad SMARTS) is 1. The van der Waals surface area contributed by atoms with Crippen LogP contribution in [0.25, 0.3) is 0 Å². The van der Waals surface area contributed by atoms with Crippen molar-refractivity contribution < 1.29 is 14.3 Å². The highest BCUT2D eigenvalue weighted by molar-refractivity contribution is 5.69. The van der Waals surface area contributed by atoms with Gasteiger partial charge in [-0.1, -0.05) is 6.92 Å². The topological polar surface area (TPSA) is 79.5 Å². The number of aliphatic carboxylic acids is 1. The summed E-state index contributed by atoms with van der Waals surface area (Å²) in [5.41, 5.74) is 0. The molecule has 1 rings (SSSR count). The SMILES string of the molecule is Cc1nnc(CN(C)CC(C)C(=O)O)o1. The van der Waals surface area contributed by atoms with Crippen LogP contribution in [0.3, 0.4) is 0 Å². The summed E-state index contributed by atoms with van der Waals surface area (Å²) in [5, 5.41) is 16.2. The molecule has 1 N–H and O–H groups in total. The molecule has 84 valence electrons. The van der Waals surface area contributed by atoms with Crippen LogP contribution in [-0.4, -0.2) is 39.8 Å². The second kappa shape index (κ2) is 4.88. The molecule has 1 aromatic heterocycles. The van der Waals surface area contributed by atoms with Gasteiger partial charge in [0, 0.05) is 13.5 Å². The second-order valence-corrected chi connectivity index (χ2v) is 3.65. The molecule has 1 atom stereocenters. The van der Waals surface area contributed by atoms with Crippen molar-refractivity contribution in [3.8, 4) is 0 Å². The fourth-order valence-corrected chi connectivity index (χ4v) is 1.24. The Kier molecular flexibility index (Phi) is 3.79. The molecule has 0 aliphatic heterocycles. The molecular formula is C9H15N3O3. The highest BCUT2D eigenvalue weighted by atomic mass is 16.4. The van der Waals surface area contributed by atoms with E-state index in [-0.39, 0.29) is 0 Å². The summed E-state index contributed by atoms with van der Waals surface area (Å²) in [7, 11) is 1.82. The maximum absolute atomic E-state index is 10.6. The van der Waals surface area contributed by atoms with Crippen LogP contribution in [0.1, 0.15) is 18.7 Å². The maximum Gasteiger partial charge on any atom is 0.307 e. The Labute approximate surface area is 87.9 Å². The summed E-state index contributed by atoms with van der Waals surface area (Å²) in [6, 6.07) is 0. The Balaban J connectivity index is 2.42. The van der Waals surface area contributed by atoms with Gasteiger partial charge in [0.1, 0.15) is 0 Å². The molecule has 15 heavy (non-hydrogen) atoms. The number of carboxylic acids is 1. The molecule has 6 heteroatoms. The second-order valence-electron chi connectivity index (χ2n) is 3.65. The summed E-state index contributed by atoms with van der Waals surface area (Å²) >= 11 is 0. The van der Waals surface area contributed by atoms with Gasteiger partial charge in [-0.3, -0.25) is 9.69 Å². The lowest BCUT2D eigenvalue weighted by Gasteiger charge is -2.16. The highest BCUT2D eigenvalue weighted by Crippen LogP contribution is 2.04. The predicted molar refractivity (Wildman–Crippen MR) is 52.2 cm³/mol. The van der Waals surface area contributed by atoms with Gasteiger partial charge in [-0.15, -0.1) is 10.2 Å². The molecule has 0 radical (unpaired) electrons. The van der Waals surface area contributed by atoms with Gasteiger partial charge in [0.2, 0.25) is 11.8 Å². The first-order valence-electron chi connectivity index (χ1n) is 4.69. The molecule has 0 bridgehead atoms. The summed E-state index contributed by atoms with van der Waals surface area (Å²) < 4.78 is 5.18. The van der Waals surface area contributed by atoms with E-state index in [1.165, 1.54) is 0 Å². The van der Waals surface area contributed by atoms with Crippen LogP contribution in [0, 0.1) is 12.8 Å². The van der Waals surface area contributed by atoms with E-state index in [1.807, 2.05) is 11.9 Å². The van der Waals surface area contributed by atoms with Gasteiger partial charge in [-0.25, -0.2) is 0 Å². The van der Waals surface area contributed by atoms with Gasteiger partial charge in [0.25, 0.3) is 0 Å². The van der Waals surface area contributed by atoms with E-state index >= 15 is 0 Å².